The predicted molar refractivity (Wildman–Crippen MR) is 204 cm³/mol. The molecule has 4 heteroatoms. The van der Waals surface area contributed by atoms with Crippen LogP contribution in [0.4, 0.5) is 51.2 Å². The SMILES string of the molecule is c1ccc(N2c3cc4ccccc4c4c3B3c5c(cccc5N(c5ccccc5)c5c3c2cc2ccccc52)N4c2ccccc2)cc1. The average molecular weight is 610 g/mol. The maximum absolute atomic E-state index is 2.53. The second-order valence-corrected chi connectivity index (χ2v) is 12.9. The predicted octanol–water partition coefficient (Wildman–Crippen LogP) is 9.86. The molecule has 0 saturated carbocycles. The lowest BCUT2D eigenvalue weighted by Gasteiger charge is -2.50. The molecule has 3 aliphatic heterocycles. The van der Waals surface area contributed by atoms with Gasteiger partial charge in [0.2, 0.25) is 0 Å². The summed E-state index contributed by atoms with van der Waals surface area (Å²) >= 11 is 0. The van der Waals surface area contributed by atoms with E-state index >= 15 is 0 Å². The molecule has 0 bridgehead atoms. The molecule has 8 aromatic carbocycles. The van der Waals surface area contributed by atoms with Gasteiger partial charge in [0.1, 0.15) is 0 Å². The van der Waals surface area contributed by atoms with E-state index in [4.69, 9.17) is 0 Å². The molecule has 11 rings (SSSR count). The van der Waals surface area contributed by atoms with E-state index in [2.05, 4.69) is 185 Å². The van der Waals surface area contributed by atoms with Gasteiger partial charge in [0.25, 0.3) is 6.71 Å². The van der Waals surface area contributed by atoms with Crippen LogP contribution in [0, 0.1) is 0 Å². The van der Waals surface area contributed by atoms with E-state index in [1.807, 2.05) is 0 Å². The molecule has 0 saturated heterocycles. The number of nitrogens with zero attached hydrogens (tertiary/aromatic N) is 3. The highest BCUT2D eigenvalue weighted by molar-refractivity contribution is 7.03. The molecule has 0 unspecified atom stereocenters. The van der Waals surface area contributed by atoms with E-state index in [9.17, 15) is 0 Å². The third-order valence-electron chi connectivity index (χ3n) is 10.5. The summed E-state index contributed by atoms with van der Waals surface area (Å²) in [7, 11) is 0. The van der Waals surface area contributed by atoms with Gasteiger partial charge in [0.15, 0.2) is 0 Å². The minimum atomic E-state index is 0.0558. The van der Waals surface area contributed by atoms with Crippen LogP contribution in [0.2, 0.25) is 0 Å². The van der Waals surface area contributed by atoms with Crippen LogP contribution >= 0.6 is 0 Å². The van der Waals surface area contributed by atoms with Crippen LogP contribution in [0.1, 0.15) is 0 Å². The Kier molecular flexibility index (Phi) is 5.19. The Morgan fingerprint density at radius 1 is 0.312 bits per heavy atom. The molecule has 0 aliphatic carbocycles. The van der Waals surface area contributed by atoms with Gasteiger partial charge < -0.3 is 14.7 Å². The number of benzene rings is 8. The van der Waals surface area contributed by atoms with Crippen molar-refractivity contribution in [2.75, 3.05) is 14.7 Å². The molecule has 3 aliphatic rings. The fourth-order valence-corrected chi connectivity index (χ4v) is 8.66. The monoisotopic (exact) mass is 609 g/mol. The van der Waals surface area contributed by atoms with Gasteiger partial charge in [-0.05, 0) is 87.8 Å². The molecule has 222 valence electrons. The van der Waals surface area contributed by atoms with Gasteiger partial charge >= 0.3 is 0 Å². The summed E-state index contributed by atoms with van der Waals surface area (Å²) in [6.45, 7) is 0.0558. The van der Waals surface area contributed by atoms with Crippen molar-refractivity contribution in [3.63, 3.8) is 0 Å². The molecule has 0 fully saturated rings. The lowest BCUT2D eigenvalue weighted by atomic mass is 9.31. The number of para-hydroxylation sites is 3. The summed E-state index contributed by atoms with van der Waals surface area (Å²) in [6, 6.07) is 62.3. The Morgan fingerprint density at radius 2 is 0.708 bits per heavy atom. The summed E-state index contributed by atoms with van der Waals surface area (Å²) in [5.74, 6) is 0. The maximum Gasteiger partial charge on any atom is 0.257 e. The molecule has 0 amide bonds. The summed E-state index contributed by atoms with van der Waals surface area (Å²) < 4.78 is 0. The van der Waals surface area contributed by atoms with Crippen molar-refractivity contribution in [3.05, 3.63) is 170 Å². The molecule has 0 atom stereocenters. The number of rotatable bonds is 3. The molecule has 3 heterocycles. The first kappa shape index (κ1) is 25.9. The van der Waals surface area contributed by atoms with Crippen LogP contribution < -0.4 is 31.1 Å². The van der Waals surface area contributed by atoms with E-state index in [1.165, 1.54) is 72.1 Å². The fourth-order valence-electron chi connectivity index (χ4n) is 8.66. The van der Waals surface area contributed by atoms with E-state index in [-0.39, 0.29) is 6.71 Å². The second-order valence-electron chi connectivity index (χ2n) is 12.9. The molecular weight excluding hydrogens is 581 g/mol. The highest BCUT2D eigenvalue weighted by Gasteiger charge is 2.50. The Bertz CT molecular complexity index is 2430. The zero-order valence-corrected chi connectivity index (χ0v) is 26.1. The maximum atomic E-state index is 2.53. The van der Waals surface area contributed by atoms with Crippen molar-refractivity contribution in [1.29, 1.82) is 0 Å². The van der Waals surface area contributed by atoms with Crippen LogP contribution in [-0.2, 0) is 0 Å². The Hall–Kier alpha value is -6.26. The van der Waals surface area contributed by atoms with Gasteiger partial charge in [-0.2, -0.15) is 0 Å². The van der Waals surface area contributed by atoms with Crippen LogP contribution in [0.25, 0.3) is 21.5 Å². The van der Waals surface area contributed by atoms with Gasteiger partial charge in [-0.15, -0.1) is 0 Å². The lowest BCUT2D eigenvalue weighted by Crippen LogP contribution is -2.65. The highest BCUT2D eigenvalue weighted by atomic mass is 15.2. The fraction of sp³-hybridized carbons (Fsp3) is 0. The van der Waals surface area contributed by atoms with Crippen LogP contribution in [0.3, 0.4) is 0 Å². The average Bonchev–Trinajstić information content (AvgIpc) is 3.16. The lowest BCUT2D eigenvalue weighted by molar-refractivity contribution is 1.23. The van der Waals surface area contributed by atoms with Crippen molar-refractivity contribution in [2.45, 2.75) is 0 Å². The van der Waals surface area contributed by atoms with E-state index in [1.54, 1.807) is 0 Å². The number of hydrogen-bond acceptors (Lipinski definition) is 3. The standard InChI is InChI=1S/C44H28BN3/c1-4-17-31(18-5-1)46-38-27-29-15-10-12-23-34(29)43-41(38)45-40-36(47(43)32-19-6-2-7-20-32)25-14-26-37(40)48(33-21-8-3-9-22-33)44-35-24-13-11-16-30(35)28-39(46)42(44)45/h1-28H. The first-order valence-electron chi connectivity index (χ1n) is 16.7. The molecule has 0 N–H and O–H groups in total. The van der Waals surface area contributed by atoms with Gasteiger partial charge in [0.05, 0.1) is 11.4 Å². The zero-order valence-electron chi connectivity index (χ0n) is 26.1. The summed E-state index contributed by atoms with van der Waals surface area (Å²) in [5.41, 5.74) is 15.0. The topological polar surface area (TPSA) is 9.72 Å². The minimum Gasteiger partial charge on any atom is -0.311 e. The van der Waals surface area contributed by atoms with Crippen molar-refractivity contribution in [1.82, 2.24) is 0 Å². The summed E-state index contributed by atoms with van der Waals surface area (Å²) in [4.78, 5) is 7.58. The third kappa shape index (κ3) is 3.34. The number of anilines is 9. The Balaban J connectivity index is 1.39. The molecule has 8 aromatic rings. The quantitative estimate of drug-likeness (QED) is 0.185. The summed E-state index contributed by atoms with van der Waals surface area (Å²) in [6.07, 6.45) is 0. The Labute approximate surface area is 279 Å². The first-order valence-corrected chi connectivity index (χ1v) is 16.7. The van der Waals surface area contributed by atoms with Gasteiger partial charge in [-0.1, -0.05) is 109 Å². The van der Waals surface area contributed by atoms with Gasteiger partial charge in [-0.3, -0.25) is 0 Å². The largest absolute Gasteiger partial charge is 0.311 e. The second kappa shape index (κ2) is 9.63. The minimum absolute atomic E-state index is 0.0558. The third-order valence-corrected chi connectivity index (χ3v) is 10.5. The van der Waals surface area contributed by atoms with Crippen molar-refractivity contribution in [2.24, 2.45) is 0 Å². The van der Waals surface area contributed by atoms with E-state index in [0.29, 0.717) is 0 Å². The molecule has 0 radical (unpaired) electrons. The number of fused-ring (bicyclic) bond motifs is 4. The zero-order chi connectivity index (χ0) is 31.3. The molecule has 0 spiro atoms. The van der Waals surface area contributed by atoms with E-state index in [0.717, 1.165) is 17.1 Å². The van der Waals surface area contributed by atoms with Crippen LogP contribution in [-0.4, -0.2) is 6.71 Å². The summed E-state index contributed by atoms with van der Waals surface area (Å²) in [5, 5.41) is 5.00. The Morgan fingerprint density at radius 3 is 1.17 bits per heavy atom. The number of hydrogen-bond donors (Lipinski definition) is 0. The van der Waals surface area contributed by atoms with Crippen LogP contribution in [0.5, 0.6) is 0 Å². The molecule has 48 heavy (non-hydrogen) atoms. The molecular formula is C44H28BN3. The molecule has 3 nitrogen and oxygen atoms in total. The normalized spacial score (nSPS) is 13.7. The van der Waals surface area contributed by atoms with Crippen molar-refractivity contribution >= 4 is 95.8 Å². The van der Waals surface area contributed by atoms with Crippen molar-refractivity contribution < 1.29 is 0 Å². The smallest absolute Gasteiger partial charge is 0.257 e. The van der Waals surface area contributed by atoms with Gasteiger partial charge in [-0.25, -0.2) is 0 Å². The van der Waals surface area contributed by atoms with E-state index < -0.39 is 0 Å². The van der Waals surface area contributed by atoms with Crippen LogP contribution in [0.15, 0.2) is 170 Å². The highest BCUT2D eigenvalue weighted by Crippen LogP contribution is 2.53. The van der Waals surface area contributed by atoms with Gasteiger partial charge in [0, 0.05) is 50.6 Å². The first-order chi connectivity index (χ1) is 23.9. The molecule has 0 aromatic heterocycles. The van der Waals surface area contributed by atoms with Crippen molar-refractivity contribution in [3.8, 4) is 0 Å².